The van der Waals surface area contributed by atoms with Crippen molar-refractivity contribution in [2.24, 2.45) is 0 Å². The molecule has 9 heteroatoms. The number of halogens is 3. The molecule has 1 aliphatic rings. The number of aliphatic carboxylic acids is 1. The van der Waals surface area contributed by atoms with Crippen molar-refractivity contribution in [1.29, 1.82) is 0 Å². The lowest BCUT2D eigenvalue weighted by Crippen LogP contribution is -2.26. The summed E-state index contributed by atoms with van der Waals surface area (Å²) < 4.78 is 37.2. The molecular weight excluding hydrogens is 413 g/mol. The van der Waals surface area contributed by atoms with Crippen LogP contribution in [0.25, 0.3) is 0 Å². The molecule has 0 aliphatic carbocycles. The van der Waals surface area contributed by atoms with Gasteiger partial charge in [0.05, 0.1) is 6.61 Å². The Kier molecular flexibility index (Phi) is 9.48. The zero-order valence-electron chi connectivity index (χ0n) is 16.8. The number of carbonyl (C=O) groups is 2. The first-order valence-electron chi connectivity index (χ1n) is 9.78. The van der Waals surface area contributed by atoms with Gasteiger partial charge in [-0.3, -0.25) is 4.79 Å². The van der Waals surface area contributed by atoms with Crippen LogP contribution >= 0.6 is 0 Å². The second-order valence-electron chi connectivity index (χ2n) is 6.98. The molecule has 168 valence electrons. The van der Waals surface area contributed by atoms with Gasteiger partial charge in [-0.1, -0.05) is 42.5 Å². The molecule has 2 aromatic carbocycles. The minimum absolute atomic E-state index is 0.0605. The molecule has 31 heavy (non-hydrogen) atoms. The third kappa shape index (κ3) is 9.18. The summed E-state index contributed by atoms with van der Waals surface area (Å²) in [6, 6.07) is 18.1. The predicted molar refractivity (Wildman–Crippen MR) is 110 cm³/mol. The standard InChI is InChI=1S/C20H24N2O2.C2HF3O2/c23-20(15-24-14-16-4-2-1-3-5-16)22-19-8-6-17(7-9-19)18-10-12-21-13-11-18;3-2(4,5)1(6)7/h1-9,18,21H,10-15H2,(H,22,23);(H,6,7). The van der Waals surface area contributed by atoms with E-state index in [4.69, 9.17) is 14.6 Å². The Morgan fingerprint density at radius 1 is 1.03 bits per heavy atom. The summed E-state index contributed by atoms with van der Waals surface area (Å²) in [5.74, 6) is -2.25. The Hall–Kier alpha value is -2.91. The predicted octanol–water partition coefficient (Wildman–Crippen LogP) is 3.94. The molecule has 0 aromatic heterocycles. The summed E-state index contributed by atoms with van der Waals surface area (Å²) in [6.45, 7) is 2.68. The smallest absolute Gasteiger partial charge is 0.475 e. The summed E-state index contributed by atoms with van der Waals surface area (Å²) in [6.07, 6.45) is -2.72. The molecule has 1 amide bonds. The third-order valence-electron chi connectivity index (χ3n) is 4.59. The van der Waals surface area contributed by atoms with E-state index in [0.717, 1.165) is 24.3 Å². The highest BCUT2D eigenvalue weighted by atomic mass is 19.4. The Labute approximate surface area is 178 Å². The molecule has 3 N–H and O–H groups in total. The van der Waals surface area contributed by atoms with Gasteiger partial charge in [0.25, 0.3) is 0 Å². The number of amides is 1. The molecule has 1 aliphatic heterocycles. The van der Waals surface area contributed by atoms with Crippen LogP contribution in [0, 0.1) is 0 Å². The van der Waals surface area contributed by atoms with E-state index in [1.165, 1.54) is 18.4 Å². The number of hydrogen-bond acceptors (Lipinski definition) is 4. The molecular formula is C22H25F3N2O4. The van der Waals surface area contributed by atoms with E-state index in [0.29, 0.717) is 12.5 Å². The molecule has 0 unspecified atom stereocenters. The Morgan fingerprint density at radius 3 is 2.16 bits per heavy atom. The Balaban J connectivity index is 0.000000423. The van der Waals surface area contributed by atoms with Gasteiger partial charge in [0.2, 0.25) is 5.91 Å². The van der Waals surface area contributed by atoms with Crippen LogP contribution < -0.4 is 10.6 Å². The number of piperidine rings is 1. The lowest BCUT2D eigenvalue weighted by Gasteiger charge is -2.23. The number of rotatable bonds is 6. The molecule has 0 bridgehead atoms. The monoisotopic (exact) mass is 438 g/mol. The van der Waals surface area contributed by atoms with Crippen LogP contribution in [0.1, 0.15) is 29.9 Å². The molecule has 3 rings (SSSR count). The molecule has 0 radical (unpaired) electrons. The molecule has 1 heterocycles. The highest BCUT2D eigenvalue weighted by Crippen LogP contribution is 2.26. The van der Waals surface area contributed by atoms with Crippen molar-refractivity contribution in [3.63, 3.8) is 0 Å². The first-order valence-corrected chi connectivity index (χ1v) is 9.78. The van der Waals surface area contributed by atoms with Crippen molar-refractivity contribution in [2.45, 2.75) is 31.5 Å². The molecule has 1 fully saturated rings. The van der Waals surface area contributed by atoms with Gasteiger partial charge < -0.3 is 20.5 Å². The SMILES string of the molecule is O=C(COCc1ccccc1)Nc1ccc(C2CCNCC2)cc1.O=C(O)C(F)(F)F. The number of nitrogens with one attached hydrogen (secondary N) is 2. The number of alkyl halides is 3. The minimum atomic E-state index is -5.08. The zero-order chi connectivity index (χ0) is 22.7. The van der Waals surface area contributed by atoms with Gasteiger partial charge in [-0.25, -0.2) is 4.79 Å². The van der Waals surface area contributed by atoms with Crippen LogP contribution in [-0.2, 0) is 20.9 Å². The third-order valence-corrected chi connectivity index (χ3v) is 4.59. The number of anilines is 1. The fourth-order valence-corrected chi connectivity index (χ4v) is 3.03. The quantitative estimate of drug-likeness (QED) is 0.636. The topological polar surface area (TPSA) is 87.7 Å². The number of carboxylic acids is 1. The van der Waals surface area contributed by atoms with E-state index in [1.807, 2.05) is 42.5 Å². The van der Waals surface area contributed by atoms with Gasteiger partial charge in [0.1, 0.15) is 6.61 Å². The lowest BCUT2D eigenvalue weighted by molar-refractivity contribution is -0.192. The average Bonchev–Trinajstić information content (AvgIpc) is 2.75. The summed E-state index contributed by atoms with van der Waals surface area (Å²) in [5, 5.41) is 13.4. The van der Waals surface area contributed by atoms with E-state index in [2.05, 4.69) is 22.8 Å². The molecule has 1 saturated heterocycles. The van der Waals surface area contributed by atoms with Crippen LogP contribution in [0.5, 0.6) is 0 Å². The van der Waals surface area contributed by atoms with Crippen LogP contribution in [-0.4, -0.2) is 42.9 Å². The largest absolute Gasteiger partial charge is 0.490 e. The van der Waals surface area contributed by atoms with E-state index in [9.17, 15) is 18.0 Å². The van der Waals surface area contributed by atoms with Crippen LogP contribution in [0.3, 0.4) is 0 Å². The van der Waals surface area contributed by atoms with Crippen molar-refractivity contribution in [2.75, 3.05) is 25.0 Å². The molecule has 0 saturated carbocycles. The number of ether oxygens (including phenoxy) is 1. The fraction of sp³-hybridized carbons (Fsp3) is 0.364. The van der Waals surface area contributed by atoms with Crippen LogP contribution in [0.2, 0.25) is 0 Å². The zero-order valence-corrected chi connectivity index (χ0v) is 16.8. The van der Waals surface area contributed by atoms with Crippen LogP contribution in [0.15, 0.2) is 54.6 Å². The highest BCUT2D eigenvalue weighted by molar-refractivity contribution is 5.91. The summed E-state index contributed by atoms with van der Waals surface area (Å²) in [5.41, 5.74) is 3.24. The van der Waals surface area contributed by atoms with E-state index >= 15 is 0 Å². The lowest BCUT2D eigenvalue weighted by atomic mass is 9.90. The Bertz CT molecular complexity index is 821. The maximum Gasteiger partial charge on any atom is 0.490 e. The van der Waals surface area contributed by atoms with Gasteiger partial charge >= 0.3 is 12.1 Å². The van der Waals surface area contributed by atoms with Gasteiger partial charge in [0.15, 0.2) is 0 Å². The van der Waals surface area contributed by atoms with Crippen molar-refractivity contribution in [3.05, 3.63) is 65.7 Å². The number of hydrogen-bond donors (Lipinski definition) is 3. The number of benzene rings is 2. The Morgan fingerprint density at radius 2 is 1.61 bits per heavy atom. The molecule has 2 aromatic rings. The highest BCUT2D eigenvalue weighted by Gasteiger charge is 2.38. The van der Waals surface area contributed by atoms with E-state index < -0.39 is 12.1 Å². The first-order chi connectivity index (χ1) is 14.8. The molecule has 6 nitrogen and oxygen atoms in total. The normalized spacial score (nSPS) is 14.3. The molecule has 0 spiro atoms. The second kappa shape index (κ2) is 12.1. The van der Waals surface area contributed by atoms with Crippen LogP contribution in [0.4, 0.5) is 18.9 Å². The summed E-state index contributed by atoms with van der Waals surface area (Å²) in [7, 11) is 0. The summed E-state index contributed by atoms with van der Waals surface area (Å²) in [4.78, 5) is 20.8. The van der Waals surface area contributed by atoms with Crippen molar-refractivity contribution in [3.8, 4) is 0 Å². The maximum atomic E-state index is 11.9. The first kappa shape index (κ1) is 24.4. The van der Waals surface area contributed by atoms with Gasteiger partial charge in [-0.15, -0.1) is 0 Å². The minimum Gasteiger partial charge on any atom is -0.475 e. The van der Waals surface area contributed by atoms with Gasteiger partial charge in [-0.05, 0) is 55.1 Å². The molecule has 0 atom stereocenters. The number of carboxylic acid groups (broad SMARTS) is 1. The summed E-state index contributed by atoms with van der Waals surface area (Å²) >= 11 is 0. The van der Waals surface area contributed by atoms with E-state index in [1.54, 1.807) is 0 Å². The average molecular weight is 438 g/mol. The fourth-order valence-electron chi connectivity index (χ4n) is 3.03. The second-order valence-corrected chi connectivity index (χ2v) is 6.98. The van der Waals surface area contributed by atoms with Crippen molar-refractivity contribution >= 4 is 17.6 Å². The number of carbonyl (C=O) groups excluding carboxylic acids is 1. The van der Waals surface area contributed by atoms with Crippen molar-refractivity contribution < 1.29 is 32.6 Å². The van der Waals surface area contributed by atoms with Crippen molar-refractivity contribution in [1.82, 2.24) is 5.32 Å². The van der Waals surface area contributed by atoms with Gasteiger partial charge in [-0.2, -0.15) is 13.2 Å². The van der Waals surface area contributed by atoms with Gasteiger partial charge in [0, 0.05) is 5.69 Å². The van der Waals surface area contributed by atoms with E-state index in [-0.39, 0.29) is 12.5 Å². The maximum absolute atomic E-state index is 11.9.